The number of rotatable bonds is 13. The van der Waals surface area contributed by atoms with E-state index in [4.69, 9.17) is 9.47 Å². The van der Waals surface area contributed by atoms with E-state index in [1.807, 2.05) is 69.3 Å². The standard InChI is InChI=1S/C41H60N4O6/c1-27-36(25-45-34-15-9-8-12-30(34)21-22-35(45)39(49)44-41(3,4)5)50-40(51-38(27)31-19-17-29(26-46)18-20-31)32-13-11-14-33(24-32)43-37(48)16-7-6-10-23-42-28(2)47/h11,13-14,17-20,24,27,30,34-36,38,40,46H,6-10,12,15-16,21-23,25-26H2,1-5H3,(H,42,47)(H,43,48)(H,44,49)/t27-,30+,34+,35+,36+,38+,40+/m0/s1. The Hall–Kier alpha value is -3.31. The highest BCUT2D eigenvalue weighted by molar-refractivity contribution is 5.90. The SMILES string of the molecule is CC(=O)NCCCCCC(=O)Nc1cccc([C@@H]2O[C@H](CN3[C@@H](C(=O)NC(C)(C)C)CC[C@H]4CCCC[C@H]43)[C@H](C)[C@H](c3ccc(CO)cc3)O2)c1. The average Bonchev–Trinajstić information content (AvgIpc) is 3.10. The molecule has 5 rings (SSSR count). The second-order valence-electron chi connectivity index (χ2n) is 15.9. The Morgan fingerprint density at radius 1 is 0.922 bits per heavy atom. The van der Waals surface area contributed by atoms with Gasteiger partial charge in [-0.05, 0) is 88.5 Å². The summed E-state index contributed by atoms with van der Waals surface area (Å²) in [5.41, 5.74) is 3.03. The van der Waals surface area contributed by atoms with Gasteiger partial charge in [0.25, 0.3) is 0 Å². The molecule has 2 aromatic carbocycles. The number of nitrogens with zero attached hydrogens (tertiary/aromatic N) is 1. The quantitative estimate of drug-likeness (QED) is 0.174. The highest BCUT2D eigenvalue weighted by Crippen LogP contribution is 2.44. The van der Waals surface area contributed by atoms with Gasteiger partial charge in [-0.1, -0.05) is 62.6 Å². The molecule has 2 aromatic rings. The fourth-order valence-corrected chi connectivity index (χ4v) is 8.10. The smallest absolute Gasteiger partial charge is 0.237 e. The summed E-state index contributed by atoms with van der Waals surface area (Å²) in [5, 5.41) is 18.8. The fourth-order valence-electron chi connectivity index (χ4n) is 8.10. The number of amides is 3. The number of carbonyl (C=O) groups excluding carboxylic acids is 3. The number of carbonyl (C=O) groups is 3. The molecule has 10 heteroatoms. The van der Waals surface area contributed by atoms with E-state index in [1.165, 1.54) is 26.2 Å². The first kappa shape index (κ1) is 38.9. The number of aliphatic hydroxyl groups is 1. The normalized spacial score (nSPS) is 26.9. The molecule has 4 N–H and O–H groups in total. The molecule has 7 atom stereocenters. The average molecular weight is 705 g/mol. The third-order valence-electron chi connectivity index (χ3n) is 10.7. The highest BCUT2D eigenvalue weighted by Gasteiger charge is 2.46. The number of nitrogens with one attached hydrogen (secondary N) is 3. The topological polar surface area (TPSA) is 129 Å². The minimum atomic E-state index is -0.687. The van der Waals surface area contributed by atoms with Gasteiger partial charge in [-0.3, -0.25) is 19.3 Å². The Kier molecular flexibility index (Phi) is 13.7. The van der Waals surface area contributed by atoms with Crippen LogP contribution >= 0.6 is 0 Å². The zero-order valence-corrected chi connectivity index (χ0v) is 31.3. The third-order valence-corrected chi connectivity index (χ3v) is 10.7. The van der Waals surface area contributed by atoms with E-state index < -0.39 is 6.29 Å². The van der Waals surface area contributed by atoms with Crippen LogP contribution in [0.4, 0.5) is 5.69 Å². The molecular weight excluding hydrogens is 644 g/mol. The molecule has 2 saturated heterocycles. The Morgan fingerprint density at radius 3 is 2.41 bits per heavy atom. The molecule has 1 saturated carbocycles. The van der Waals surface area contributed by atoms with Crippen molar-refractivity contribution in [3.8, 4) is 0 Å². The molecule has 1 aliphatic carbocycles. The number of fused-ring (bicyclic) bond motifs is 1. The molecule has 280 valence electrons. The second-order valence-corrected chi connectivity index (χ2v) is 15.9. The van der Waals surface area contributed by atoms with Gasteiger partial charge in [0.2, 0.25) is 17.7 Å². The van der Waals surface area contributed by atoms with Crippen molar-refractivity contribution in [2.45, 2.75) is 142 Å². The van der Waals surface area contributed by atoms with E-state index in [0.29, 0.717) is 37.2 Å². The van der Waals surface area contributed by atoms with Crippen molar-refractivity contribution < 1.29 is 29.0 Å². The number of ether oxygens (including phenoxy) is 2. The molecule has 10 nitrogen and oxygen atoms in total. The van der Waals surface area contributed by atoms with Gasteiger partial charge in [-0.15, -0.1) is 0 Å². The van der Waals surface area contributed by atoms with Gasteiger partial charge in [-0.2, -0.15) is 0 Å². The zero-order chi connectivity index (χ0) is 36.5. The highest BCUT2D eigenvalue weighted by atomic mass is 16.7. The van der Waals surface area contributed by atoms with Crippen molar-refractivity contribution in [3.63, 3.8) is 0 Å². The molecule has 3 aliphatic rings. The summed E-state index contributed by atoms with van der Waals surface area (Å²) in [6.45, 7) is 11.0. The van der Waals surface area contributed by atoms with E-state index in [0.717, 1.165) is 55.2 Å². The molecule has 0 radical (unpaired) electrons. The van der Waals surface area contributed by atoms with Crippen molar-refractivity contribution in [2.75, 3.05) is 18.4 Å². The predicted molar refractivity (Wildman–Crippen MR) is 199 cm³/mol. The van der Waals surface area contributed by atoms with Gasteiger partial charge >= 0.3 is 0 Å². The van der Waals surface area contributed by atoms with Crippen LogP contribution in [0.5, 0.6) is 0 Å². The fraction of sp³-hybridized carbons (Fsp3) is 0.634. The van der Waals surface area contributed by atoms with Crippen LogP contribution in [0.15, 0.2) is 48.5 Å². The van der Waals surface area contributed by atoms with Gasteiger partial charge in [0, 0.05) is 55.2 Å². The van der Waals surface area contributed by atoms with E-state index in [1.54, 1.807) is 0 Å². The lowest BCUT2D eigenvalue weighted by Crippen LogP contribution is -2.61. The number of hydrogen-bond donors (Lipinski definition) is 4. The lowest BCUT2D eigenvalue weighted by atomic mass is 9.75. The molecular formula is C41H60N4O6. The van der Waals surface area contributed by atoms with Crippen LogP contribution in [-0.4, -0.2) is 64.5 Å². The summed E-state index contributed by atoms with van der Waals surface area (Å²) < 4.78 is 13.7. The van der Waals surface area contributed by atoms with Crippen LogP contribution in [0.3, 0.4) is 0 Å². The minimum Gasteiger partial charge on any atom is -0.392 e. The second kappa shape index (κ2) is 17.9. The summed E-state index contributed by atoms with van der Waals surface area (Å²) >= 11 is 0. The van der Waals surface area contributed by atoms with E-state index >= 15 is 0 Å². The van der Waals surface area contributed by atoms with Crippen molar-refractivity contribution in [2.24, 2.45) is 11.8 Å². The van der Waals surface area contributed by atoms with Crippen LogP contribution in [0.25, 0.3) is 0 Å². The number of hydrogen-bond acceptors (Lipinski definition) is 7. The Morgan fingerprint density at radius 2 is 1.69 bits per heavy atom. The van der Waals surface area contributed by atoms with E-state index in [9.17, 15) is 19.5 Å². The number of likely N-dealkylation sites (tertiary alicyclic amines) is 1. The van der Waals surface area contributed by atoms with Gasteiger partial charge in [0.05, 0.1) is 24.9 Å². The molecule has 3 fully saturated rings. The van der Waals surface area contributed by atoms with Gasteiger partial charge in [0.1, 0.15) is 0 Å². The van der Waals surface area contributed by atoms with E-state index in [2.05, 4.69) is 27.8 Å². The number of unbranched alkanes of at least 4 members (excludes halogenated alkanes) is 2. The summed E-state index contributed by atoms with van der Waals surface area (Å²) in [5.74, 6) is 0.558. The van der Waals surface area contributed by atoms with Crippen molar-refractivity contribution in [3.05, 3.63) is 65.2 Å². The molecule has 0 spiro atoms. The van der Waals surface area contributed by atoms with Crippen molar-refractivity contribution >= 4 is 23.4 Å². The maximum absolute atomic E-state index is 13.8. The maximum atomic E-state index is 13.8. The number of aliphatic hydroxyl groups excluding tert-OH is 1. The van der Waals surface area contributed by atoms with Crippen molar-refractivity contribution in [1.82, 2.24) is 15.5 Å². The van der Waals surface area contributed by atoms with Gasteiger partial charge in [0.15, 0.2) is 6.29 Å². The molecule has 0 aromatic heterocycles. The number of anilines is 1. The van der Waals surface area contributed by atoms with Crippen molar-refractivity contribution in [1.29, 1.82) is 0 Å². The lowest BCUT2D eigenvalue weighted by molar-refractivity contribution is -0.278. The number of benzene rings is 2. The Bertz CT molecular complexity index is 1460. The van der Waals surface area contributed by atoms with Crippen LogP contribution < -0.4 is 16.0 Å². The molecule has 0 unspecified atom stereocenters. The molecule has 3 amide bonds. The molecule has 2 aliphatic heterocycles. The summed E-state index contributed by atoms with van der Waals surface area (Å²) in [6, 6.07) is 15.7. The van der Waals surface area contributed by atoms with E-state index in [-0.39, 0.29) is 54.0 Å². The first-order valence-corrected chi connectivity index (χ1v) is 19.1. The van der Waals surface area contributed by atoms with Gasteiger partial charge < -0.3 is 30.5 Å². The first-order chi connectivity index (χ1) is 24.4. The predicted octanol–water partition coefficient (Wildman–Crippen LogP) is 6.54. The van der Waals surface area contributed by atoms with Crippen LogP contribution in [-0.2, 0) is 30.5 Å². The summed E-state index contributed by atoms with van der Waals surface area (Å²) in [7, 11) is 0. The zero-order valence-electron chi connectivity index (χ0n) is 31.3. The van der Waals surface area contributed by atoms with Crippen LogP contribution in [0.2, 0.25) is 0 Å². The molecule has 2 heterocycles. The third kappa shape index (κ3) is 10.9. The molecule has 0 bridgehead atoms. The Balaban J connectivity index is 1.36. The largest absolute Gasteiger partial charge is 0.392 e. The lowest BCUT2D eigenvalue weighted by Gasteiger charge is -2.51. The van der Waals surface area contributed by atoms with Gasteiger partial charge in [-0.25, -0.2) is 0 Å². The molecule has 51 heavy (non-hydrogen) atoms. The first-order valence-electron chi connectivity index (χ1n) is 19.1. The van der Waals surface area contributed by atoms with Crippen LogP contribution in [0, 0.1) is 11.8 Å². The monoisotopic (exact) mass is 704 g/mol. The Labute approximate surface area is 304 Å². The summed E-state index contributed by atoms with van der Waals surface area (Å²) in [6.07, 6.45) is 8.26. The minimum absolute atomic E-state index is 0.0231. The summed E-state index contributed by atoms with van der Waals surface area (Å²) in [4.78, 5) is 40.2. The number of piperidine rings is 1. The maximum Gasteiger partial charge on any atom is 0.237 e. The van der Waals surface area contributed by atoms with Crippen LogP contribution in [0.1, 0.15) is 128 Å².